The molecule has 1 atom stereocenters. The molecule has 1 aromatic carbocycles. The van der Waals surface area contributed by atoms with Crippen LogP contribution in [0.4, 0.5) is 4.79 Å². The Morgan fingerprint density at radius 2 is 2.10 bits per heavy atom. The first-order chi connectivity index (χ1) is 14.8. The van der Waals surface area contributed by atoms with Gasteiger partial charge in [0.25, 0.3) is 11.8 Å². The number of hydrogen-bond donors (Lipinski definition) is 2. The number of nitrogens with one attached hydrogen (secondary N) is 2. The summed E-state index contributed by atoms with van der Waals surface area (Å²) in [5.41, 5.74) is 0.940. The van der Waals surface area contributed by atoms with Gasteiger partial charge in [0, 0.05) is 17.7 Å². The predicted molar refractivity (Wildman–Crippen MR) is 113 cm³/mol. The molecule has 8 nitrogen and oxygen atoms in total. The number of carbonyl (C=O) groups is 3. The van der Waals surface area contributed by atoms with Gasteiger partial charge in [-0.3, -0.25) is 14.9 Å². The third-order valence-electron chi connectivity index (χ3n) is 5.10. The third-order valence-corrected chi connectivity index (χ3v) is 5.10. The second-order valence-corrected chi connectivity index (χ2v) is 7.25. The molecule has 0 unspecified atom stereocenters. The van der Waals surface area contributed by atoms with E-state index in [9.17, 15) is 14.4 Å². The second kappa shape index (κ2) is 8.76. The van der Waals surface area contributed by atoms with Crippen LogP contribution in [0, 0.1) is 23.2 Å². The van der Waals surface area contributed by atoms with Crippen molar-refractivity contribution in [2.75, 3.05) is 13.7 Å². The molecule has 0 aliphatic carbocycles. The Morgan fingerprint density at radius 3 is 2.71 bits per heavy atom. The first-order valence-corrected chi connectivity index (χ1v) is 9.72. The number of fused-ring (bicyclic) bond motifs is 1. The molecule has 2 aliphatic rings. The number of ether oxygens (including phenoxy) is 1. The second-order valence-electron chi connectivity index (χ2n) is 7.25. The smallest absolute Gasteiger partial charge is 0.323 e. The lowest BCUT2D eigenvalue weighted by Crippen LogP contribution is -2.54. The topological polar surface area (TPSA) is 112 Å². The molecule has 8 heteroatoms. The summed E-state index contributed by atoms with van der Waals surface area (Å²) in [6.07, 6.45) is 3.94. The highest BCUT2D eigenvalue weighted by Gasteiger charge is 2.48. The predicted octanol–water partition coefficient (Wildman–Crippen LogP) is 2.04. The van der Waals surface area contributed by atoms with Crippen LogP contribution < -0.4 is 15.4 Å². The number of allylic oxidation sites excluding steroid dienone is 4. The van der Waals surface area contributed by atoms with Crippen LogP contribution in [-0.4, -0.2) is 41.9 Å². The highest BCUT2D eigenvalue weighted by molar-refractivity contribution is 6.10. The van der Waals surface area contributed by atoms with E-state index in [1.54, 1.807) is 37.3 Å². The average molecular weight is 418 g/mol. The largest absolute Gasteiger partial charge is 0.497 e. The van der Waals surface area contributed by atoms with Crippen LogP contribution in [0.1, 0.15) is 36.2 Å². The molecule has 158 valence electrons. The van der Waals surface area contributed by atoms with E-state index in [1.165, 1.54) is 12.0 Å². The number of carbonyl (C=O) groups excluding carboxylic acids is 3. The van der Waals surface area contributed by atoms with E-state index in [2.05, 4.69) is 28.5 Å². The van der Waals surface area contributed by atoms with Gasteiger partial charge in [-0.2, -0.15) is 5.26 Å². The first kappa shape index (κ1) is 21.7. The van der Waals surface area contributed by atoms with Crippen LogP contribution in [0.5, 0.6) is 5.75 Å². The Bertz CT molecular complexity index is 1120. The van der Waals surface area contributed by atoms with Crippen LogP contribution >= 0.6 is 0 Å². The zero-order valence-electron chi connectivity index (χ0n) is 17.5. The lowest BCUT2D eigenvalue weighted by molar-refractivity contribution is -0.122. The molecule has 3 rings (SSSR count). The fourth-order valence-corrected chi connectivity index (χ4v) is 3.32. The van der Waals surface area contributed by atoms with Crippen LogP contribution in [0.2, 0.25) is 0 Å². The van der Waals surface area contributed by atoms with Crippen LogP contribution in [-0.2, 0) is 11.3 Å². The highest BCUT2D eigenvalue weighted by atomic mass is 16.5. The Hall–Kier alpha value is -4.04. The molecule has 0 saturated carbocycles. The van der Waals surface area contributed by atoms with Crippen LogP contribution in [0.25, 0.3) is 0 Å². The molecule has 2 heterocycles. The molecule has 0 bridgehead atoms. The highest BCUT2D eigenvalue weighted by Crippen LogP contribution is 2.28. The maximum Gasteiger partial charge on any atom is 0.323 e. The maximum atomic E-state index is 12.9. The van der Waals surface area contributed by atoms with E-state index in [-0.39, 0.29) is 12.5 Å². The number of hydrogen-bond acceptors (Lipinski definition) is 5. The van der Waals surface area contributed by atoms with Crippen molar-refractivity contribution in [3.8, 4) is 23.7 Å². The van der Waals surface area contributed by atoms with E-state index >= 15 is 0 Å². The normalized spacial score (nSPS) is 20.5. The Kier molecular flexibility index (Phi) is 6.12. The van der Waals surface area contributed by atoms with Crippen molar-refractivity contribution in [3.63, 3.8) is 0 Å². The van der Waals surface area contributed by atoms with Crippen LogP contribution in [0.15, 0.2) is 41.5 Å². The van der Waals surface area contributed by atoms with E-state index in [0.29, 0.717) is 35.4 Å². The molecule has 0 aromatic heterocycles. The lowest BCUT2D eigenvalue weighted by atomic mass is 9.99. The quantitative estimate of drug-likeness (QED) is 0.329. The van der Waals surface area contributed by atoms with E-state index in [0.717, 1.165) is 5.56 Å². The first-order valence-electron chi connectivity index (χ1n) is 9.72. The van der Waals surface area contributed by atoms with E-state index < -0.39 is 17.5 Å². The molecule has 1 saturated heterocycles. The summed E-state index contributed by atoms with van der Waals surface area (Å²) in [7, 11) is 1.52. The van der Waals surface area contributed by atoms with Gasteiger partial charge in [0.05, 0.1) is 19.7 Å². The summed E-state index contributed by atoms with van der Waals surface area (Å²) in [6, 6.07) is 6.65. The van der Waals surface area contributed by atoms with Gasteiger partial charge in [-0.15, -0.1) is 0 Å². The van der Waals surface area contributed by atoms with Gasteiger partial charge in [-0.25, -0.2) is 4.79 Å². The van der Waals surface area contributed by atoms with Crippen molar-refractivity contribution in [2.24, 2.45) is 0 Å². The number of urea groups is 1. The third kappa shape index (κ3) is 4.44. The minimum absolute atomic E-state index is 0.102. The number of amides is 4. The number of nitriles is 1. The zero-order chi connectivity index (χ0) is 22.6. The molecule has 0 spiro atoms. The Labute approximate surface area is 180 Å². The van der Waals surface area contributed by atoms with Gasteiger partial charge in [-0.05, 0) is 48.8 Å². The minimum atomic E-state index is -1.57. The zero-order valence-corrected chi connectivity index (χ0v) is 17.5. The van der Waals surface area contributed by atoms with Gasteiger partial charge >= 0.3 is 6.03 Å². The molecule has 0 radical (unpaired) electrons. The van der Waals surface area contributed by atoms with Crippen molar-refractivity contribution in [1.29, 1.82) is 5.26 Å². The number of nitrogens with zero attached hydrogens (tertiary/aromatic N) is 2. The average Bonchev–Trinajstić information content (AvgIpc) is 3.22. The van der Waals surface area contributed by atoms with Crippen molar-refractivity contribution >= 4 is 17.8 Å². The van der Waals surface area contributed by atoms with Gasteiger partial charge in [0.15, 0.2) is 0 Å². The fourth-order valence-electron chi connectivity index (χ4n) is 3.32. The number of methoxy groups -OCH3 is 1. The summed E-state index contributed by atoms with van der Waals surface area (Å²) in [5.74, 6) is 5.40. The molecule has 31 heavy (non-hydrogen) atoms. The number of benzene rings is 1. The SMILES string of the molecule is CC/C(C#N)=C\C=C(/C)C#C[C@]1(CN2Cc3ccc(OC)cc3C2=O)NC(=O)NC1=O. The molecule has 2 N–H and O–H groups in total. The molecule has 4 amide bonds. The van der Waals surface area contributed by atoms with Crippen molar-refractivity contribution in [3.05, 3.63) is 52.6 Å². The van der Waals surface area contributed by atoms with Crippen LogP contribution in [0.3, 0.4) is 0 Å². The van der Waals surface area contributed by atoms with Crippen molar-refractivity contribution in [1.82, 2.24) is 15.5 Å². The standard InChI is InChI=1S/C23H22N4O4/c1-4-16(12-24)6-5-15(2)9-10-23(21(29)25-22(30)26-23)14-27-13-17-7-8-18(31-3)11-19(17)20(27)28/h5-8,11H,4,13-14H2,1-3H3,(H2,25,26,29,30)/b15-5+,16-6+/t23-/m1/s1. The molecular weight excluding hydrogens is 396 g/mol. The number of imide groups is 1. The molecular formula is C23H22N4O4. The molecule has 1 fully saturated rings. The summed E-state index contributed by atoms with van der Waals surface area (Å²) in [6.45, 7) is 3.80. The summed E-state index contributed by atoms with van der Waals surface area (Å²) >= 11 is 0. The number of rotatable bonds is 5. The monoisotopic (exact) mass is 418 g/mol. The Morgan fingerprint density at radius 1 is 1.32 bits per heavy atom. The molecule has 2 aliphatic heterocycles. The van der Waals surface area contributed by atoms with Gasteiger partial charge in [0.2, 0.25) is 5.54 Å². The van der Waals surface area contributed by atoms with Crippen molar-refractivity contribution < 1.29 is 19.1 Å². The van der Waals surface area contributed by atoms with E-state index in [1.807, 2.05) is 6.92 Å². The van der Waals surface area contributed by atoms with Gasteiger partial charge in [0.1, 0.15) is 5.75 Å². The molecule has 1 aromatic rings. The fraction of sp³-hybridized carbons (Fsp3) is 0.304. The van der Waals surface area contributed by atoms with Gasteiger partial charge in [-0.1, -0.05) is 24.8 Å². The summed E-state index contributed by atoms with van der Waals surface area (Å²) in [4.78, 5) is 38.9. The van der Waals surface area contributed by atoms with E-state index in [4.69, 9.17) is 10.00 Å². The minimum Gasteiger partial charge on any atom is -0.497 e. The summed E-state index contributed by atoms with van der Waals surface area (Å²) < 4.78 is 5.18. The summed E-state index contributed by atoms with van der Waals surface area (Å²) in [5, 5.41) is 13.8. The van der Waals surface area contributed by atoms with Crippen molar-refractivity contribution in [2.45, 2.75) is 32.4 Å². The maximum absolute atomic E-state index is 12.9. The Balaban J connectivity index is 1.88. The lowest BCUT2D eigenvalue weighted by Gasteiger charge is -2.26. The van der Waals surface area contributed by atoms with Gasteiger partial charge < -0.3 is 15.0 Å².